The topological polar surface area (TPSA) is 60.5 Å². The molecule has 0 unspecified atom stereocenters. The smallest absolute Gasteiger partial charge is 0.250 e. The van der Waals surface area contributed by atoms with Crippen molar-refractivity contribution in [3.63, 3.8) is 0 Å². The van der Waals surface area contributed by atoms with E-state index in [1.54, 1.807) is 6.08 Å². The van der Waals surface area contributed by atoms with Crippen molar-refractivity contribution in [2.75, 3.05) is 18.5 Å². The van der Waals surface area contributed by atoms with Gasteiger partial charge in [0.1, 0.15) is 0 Å². The average molecular weight is 423 g/mol. The number of unbranched alkanes of at least 4 members (excludes halogenated alkanes) is 1. The summed E-state index contributed by atoms with van der Waals surface area (Å²) in [5.74, 6) is 1.18. The van der Waals surface area contributed by atoms with Crippen LogP contribution in [0.4, 0.5) is 5.13 Å². The van der Waals surface area contributed by atoms with Crippen LogP contribution in [0.2, 0.25) is 0 Å². The van der Waals surface area contributed by atoms with Gasteiger partial charge in [-0.15, -0.1) is 11.3 Å². The van der Waals surface area contributed by atoms with Crippen LogP contribution in [0.5, 0.6) is 11.5 Å². The Hall–Kier alpha value is -3.12. The Labute approximate surface area is 181 Å². The molecule has 3 rings (SSSR count). The number of nitrogens with one attached hydrogen (secondary N) is 1. The van der Waals surface area contributed by atoms with Gasteiger partial charge in [0.2, 0.25) is 5.91 Å². The second kappa shape index (κ2) is 11.2. The van der Waals surface area contributed by atoms with Crippen LogP contribution >= 0.6 is 11.3 Å². The molecule has 0 radical (unpaired) electrons. The van der Waals surface area contributed by atoms with Crippen molar-refractivity contribution in [3.05, 3.63) is 65.6 Å². The van der Waals surface area contributed by atoms with Gasteiger partial charge in [0.15, 0.2) is 16.6 Å². The first kappa shape index (κ1) is 21.6. The van der Waals surface area contributed by atoms with Gasteiger partial charge in [-0.05, 0) is 37.1 Å². The Bertz CT molecular complexity index is 983. The maximum absolute atomic E-state index is 12.3. The molecule has 2 aromatic carbocycles. The molecule has 0 aliphatic heterocycles. The number of hydrogen-bond donors (Lipinski definition) is 1. The van der Waals surface area contributed by atoms with E-state index in [2.05, 4.69) is 17.2 Å². The lowest BCUT2D eigenvalue weighted by molar-refractivity contribution is -0.111. The van der Waals surface area contributed by atoms with E-state index < -0.39 is 0 Å². The molecule has 1 N–H and O–H groups in total. The van der Waals surface area contributed by atoms with Crippen molar-refractivity contribution in [1.82, 2.24) is 4.98 Å². The Morgan fingerprint density at radius 2 is 1.93 bits per heavy atom. The summed E-state index contributed by atoms with van der Waals surface area (Å²) >= 11 is 1.40. The molecule has 0 aliphatic rings. The fourth-order valence-corrected chi connectivity index (χ4v) is 3.46. The highest BCUT2D eigenvalue weighted by Gasteiger charge is 2.08. The molecule has 0 bridgehead atoms. The zero-order chi connectivity index (χ0) is 21.2. The summed E-state index contributed by atoms with van der Waals surface area (Å²) in [5.41, 5.74) is 2.73. The highest BCUT2D eigenvalue weighted by atomic mass is 32.1. The first-order valence-corrected chi connectivity index (χ1v) is 11.0. The second-order valence-electron chi connectivity index (χ2n) is 6.57. The third kappa shape index (κ3) is 6.19. The molecule has 0 spiro atoms. The van der Waals surface area contributed by atoms with Gasteiger partial charge in [-0.3, -0.25) is 10.1 Å². The van der Waals surface area contributed by atoms with Crippen LogP contribution in [-0.4, -0.2) is 24.1 Å². The van der Waals surface area contributed by atoms with Crippen LogP contribution in [-0.2, 0) is 4.79 Å². The van der Waals surface area contributed by atoms with Crippen LogP contribution in [0.15, 0.2) is 60.0 Å². The molecule has 1 amide bonds. The molecule has 0 fully saturated rings. The molecule has 0 atom stereocenters. The molecule has 0 aliphatic carbocycles. The largest absolute Gasteiger partial charge is 0.490 e. The highest BCUT2D eigenvalue weighted by molar-refractivity contribution is 7.14. The van der Waals surface area contributed by atoms with E-state index in [1.165, 1.54) is 17.4 Å². The highest BCUT2D eigenvalue weighted by Crippen LogP contribution is 2.29. The lowest BCUT2D eigenvalue weighted by Crippen LogP contribution is -2.07. The zero-order valence-electron chi connectivity index (χ0n) is 17.3. The van der Waals surface area contributed by atoms with Crippen molar-refractivity contribution in [1.29, 1.82) is 0 Å². The molecule has 1 aromatic heterocycles. The number of aromatic nitrogens is 1. The van der Waals surface area contributed by atoms with Crippen LogP contribution in [0, 0.1) is 0 Å². The molecular formula is C24H26N2O3S. The minimum Gasteiger partial charge on any atom is -0.490 e. The van der Waals surface area contributed by atoms with Gasteiger partial charge in [0.05, 0.1) is 18.9 Å². The van der Waals surface area contributed by atoms with E-state index in [4.69, 9.17) is 9.47 Å². The number of carbonyl (C=O) groups is 1. The first-order chi connectivity index (χ1) is 14.7. The van der Waals surface area contributed by atoms with Gasteiger partial charge in [0, 0.05) is 17.0 Å². The number of nitrogens with zero attached hydrogens (tertiary/aromatic N) is 1. The SMILES string of the molecule is CCCCOc1ccc(/C=C/C(=O)Nc2nc(-c3ccccc3)cs2)cc1OCC. The number of amides is 1. The van der Waals surface area contributed by atoms with Gasteiger partial charge >= 0.3 is 0 Å². The predicted molar refractivity (Wildman–Crippen MR) is 123 cm³/mol. The summed E-state index contributed by atoms with van der Waals surface area (Å²) in [4.78, 5) is 16.8. The number of anilines is 1. The quantitative estimate of drug-likeness (QED) is 0.320. The standard InChI is InChI=1S/C24H26N2O3S/c1-3-5-15-29-21-13-11-18(16-22(21)28-4-2)12-14-23(27)26-24-25-20(17-30-24)19-9-7-6-8-10-19/h6-14,16-17H,3-5,15H2,1-2H3,(H,25,26,27)/b14-12+. The molecule has 3 aromatic rings. The first-order valence-electron chi connectivity index (χ1n) is 10.1. The number of carbonyl (C=O) groups excluding carboxylic acids is 1. The summed E-state index contributed by atoms with van der Waals surface area (Å²) in [6.07, 6.45) is 5.31. The van der Waals surface area contributed by atoms with Crippen molar-refractivity contribution in [3.8, 4) is 22.8 Å². The summed E-state index contributed by atoms with van der Waals surface area (Å²) in [6, 6.07) is 15.5. The molecule has 1 heterocycles. The fourth-order valence-electron chi connectivity index (χ4n) is 2.73. The fraction of sp³-hybridized carbons (Fsp3) is 0.250. The predicted octanol–water partition coefficient (Wildman–Crippen LogP) is 6.04. The zero-order valence-corrected chi connectivity index (χ0v) is 18.1. The van der Waals surface area contributed by atoms with Crippen LogP contribution in [0.1, 0.15) is 32.3 Å². The van der Waals surface area contributed by atoms with Gasteiger partial charge in [0.25, 0.3) is 0 Å². The average Bonchev–Trinajstić information content (AvgIpc) is 3.23. The van der Waals surface area contributed by atoms with Crippen LogP contribution in [0.3, 0.4) is 0 Å². The van der Waals surface area contributed by atoms with Gasteiger partial charge < -0.3 is 9.47 Å². The third-order valence-corrected chi connectivity index (χ3v) is 5.01. The van der Waals surface area contributed by atoms with Gasteiger partial charge in [-0.25, -0.2) is 4.98 Å². The van der Waals surface area contributed by atoms with Gasteiger partial charge in [-0.2, -0.15) is 0 Å². The summed E-state index contributed by atoms with van der Waals surface area (Å²) in [7, 11) is 0. The molecule has 0 saturated heterocycles. The van der Waals surface area contributed by atoms with E-state index in [9.17, 15) is 4.79 Å². The lowest BCUT2D eigenvalue weighted by atomic mass is 10.2. The van der Waals surface area contributed by atoms with E-state index in [-0.39, 0.29) is 5.91 Å². The number of benzene rings is 2. The van der Waals surface area contributed by atoms with Crippen molar-refractivity contribution < 1.29 is 14.3 Å². The van der Waals surface area contributed by atoms with E-state index in [1.807, 2.05) is 60.8 Å². The molecule has 6 heteroatoms. The number of rotatable bonds is 10. The van der Waals surface area contributed by atoms with Crippen molar-refractivity contribution >= 4 is 28.5 Å². The number of ether oxygens (including phenoxy) is 2. The summed E-state index contributed by atoms with van der Waals surface area (Å²) < 4.78 is 11.5. The monoisotopic (exact) mass is 422 g/mol. The van der Waals surface area contributed by atoms with Crippen LogP contribution < -0.4 is 14.8 Å². The molecule has 30 heavy (non-hydrogen) atoms. The minimum atomic E-state index is -0.231. The van der Waals surface area contributed by atoms with Crippen LogP contribution in [0.25, 0.3) is 17.3 Å². The maximum Gasteiger partial charge on any atom is 0.250 e. The Morgan fingerprint density at radius 3 is 2.70 bits per heavy atom. The second-order valence-corrected chi connectivity index (χ2v) is 7.43. The Kier molecular flexibility index (Phi) is 8.03. The molecule has 5 nitrogen and oxygen atoms in total. The van der Waals surface area contributed by atoms with E-state index in [0.717, 1.165) is 35.4 Å². The molecule has 156 valence electrons. The third-order valence-electron chi connectivity index (χ3n) is 4.25. The minimum absolute atomic E-state index is 0.231. The molecule has 0 saturated carbocycles. The van der Waals surface area contributed by atoms with E-state index in [0.29, 0.717) is 24.1 Å². The number of hydrogen-bond acceptors (Lipinski definition) is 5. The Balaban J connectivity index is 1.63. The maximum atomic E-state index is 12.3. The normalized spacial score (nSPS) is 10.9. The lowest BCUT2D eigenvalue weighted by Gasteiger charge is -2.12. The molecular weight excluding hydrogens is 396 g/mol. The summed E-state index contributed by atoms with van der Waals surface area (Å²) in [6.45, 7) is 5.27. The van der Waals surface area contributed by atoms with Crippen molar-refractivity contribution in [2.24, 2.45) is 0 Å². The Morgan fingerprint density at radius 1 is 1.10 bits per heavy atom. The number of thiazole rings is 1. The van der Waals surface area contributed by atoms with E-state index >= 15 is 0 Å². The van der Waals surface area contributed by atoms with Crippen molar-refractivity contribution in [2.45, 2.75) is 26.7 Å². The summed E-state index contributed by atoms with van der Waals surface area (Å²) in [5, 5.41) is 5.31. The van der Waals surface area contributed by atoms with Gasteiger partial charge in [-0.1, -0.05) is 49.7 Å².